The molecule has 0 saturated carbocycles. The van der Waals surface area contributed by atoms with E-state index in [4.69, 9.17) is 51.7 Å². The third-order valence-electron chi connectivity index (χ3n) is 28.0. The number of aliphatic hydroxyl groups is 14. The number of hydrogen-bond donors (Lipinski definition) is 18. The van der Waals surface area contributed by atoms with E-state index in [2.05, 4.69) is 217 Å². The fourth-order valence-electron chi connectivity index (χ4n) is 18.4. The minimum absolute atomic E-state index is 0.0537. The molecule has 0 aromatic heterocycles. The summed E-state index contributed by atoms with van der Waals surface area (Å²) in [6.45, 7) is 34.3. The first-order valence-corrected chi connectivity index (χ1v) is 57.1. The number of phosphoric acid groups is 2. The summed E-state index contributed by atoms with van der Waals surface area (Å²) in [6.07, 6.45) is 22.3. The van der Waals surface area contributed by atoms with Crippen molar-refractivity contribution in [3.8, 4) is 0 Å². The second-order valence-corrected chi connectivity index (χ2v) is 45.4. The Kier molecular flexibility index (Phi) is 64.4. The van der Waals surface area contributed by atoms with E-state index in [1.165, 1.54) is 90.0 Å². The standard InChI is InChI=1S/C114H190N2O32P2/c1-72(2)35-20-36-73(3)37-21-38-74(4)39-22-40-75(5)41-23-42-76(6)43-24-44-77(7)45-25-46-78(8)47-26-48-79(9)49-27-50-80(10)51-28-52-81(11)53-29-54-82(12)55-30-56-83(13)57-31-58-84(14)59-32-60-85(15)61-33-62-86(16)63-34-64-87(17)65-66-138-149(133,134)148-150(135,136)147-111-96(116-89(19)122)101(127)107(93(70-120)142-111)144-110-95(115-88(18)121)100(126)108(92(69-119)141-110)145-114-106(132)109(146-113-105(131)103(129)98(124)91(68-118)140-113)99(125)94(143-114)71-137-112-104(130)102(128)97(123)90(67-117)139-112/h35,37,39,41,43,45,47,49,51,53,55,57,59,61,63,87,90-114,117-120,123-132H,20-34,36,38,40,42,44,46,48,50,52,54,56,58,60,62,64-71H2,1-19H3,(H,115,121)(H,116,122)(H,133,134)(H,135,136)/b73-37+,74-39+,75-41-,76-43-,77-45-,78-47-,79-49-,80-51-,81-53-,82-55-,83-57-,84-59-,85-61-,86-63-/t87?,90-,91-,92-,93-,94-,95-,96-,97-,98-,99-,100-,101-,102+,103+,104+,105+,106+,107-,108-,109+,110+,111-,112+,113-,114+/m1/s1. The molecule has 5 aliphatic heterocycles. The van der Waals surface area contributed by atoms with E-state index in [0.717, 1.165) is 187 Å². The van der Waals surface area contributed by atoms with Gasteiger partial charge in [0.2, 0.25) is 11.8 Å². The van der Waals surface area contributed by atoms with Gasteiger partial charge in [-0.2, -0.15) is 4.31 Å². The van der Waals surface area contributed by atoms with Crippen molar-refractivity contribution in [2.45, 2.75) is 484 Å². The monoisotopic (exact) mass is 2160 g/mol. The summed E-state index contributed by atoms with van der Waals surface area (Å²) < 4.78 is 93.7. The van der Waals surface area contributed by atoms with E-state index in [-0.39, 0.29) is 12.3 Å². The van der Waals surface area contributed by atoms with Gasteiger partial charge in [0.25, 0.3) is 0 Å². The quantitative estimate of drug-likeness (QED) is 0.0199. The second kappa shape index (κ2) is 71.7. The first-order chi connectivity index (χ1) is 71.0. The van der Waals surface area contributed by atoms with Crippen LogP contribution in [0.2, 0.25) is 0 Å². The van der Waals surface area contributed by atoms with Crippen LogP contribution in [0.5, 0.6) is 0 Å². The largest absolute Gasteiger partial charge is 0.483 e. The average Bonchev–Trinajstić information content (AvgIpc) is 0.763. The molecule has 36 heteroatoms. The van der Waals surface area contributed by atoms with Crippen molar-refractivity contribution in [1.29, 1.82) is 0 Å². The summed E-state index contributed by atoms with van der Waals surface area (Å²) in [4.78, 5) is 47.2. The summed E-state index contributed by atoms with van der Waals surface area (Å²) >= 11 is 0. The molecule has 2 amide bonds. The number of carbonyl (C=O) groups excluding carboxylic acids is 2. The Hall–Kier alpha value is -5.62. The lowest BCUT2D eigenvalue weighted by atomic mass is 9.94. The van der Waals surface area contributed by atoms with Gasteiger partial charge < -0.3 is 135 Å². The van der Waals surface area contributed by atoms with Crippen molar-refractivity contribution in [2.75, 3.05) is 39.6 Å². The predicted octanol–water partition coefficient (Wildman–Crippen LogP) is 16.6. The maximum atomic E-state index is 13.6. The summed E-state index contributed by atoms with van der Waals surface area (Å²) in [7, 11) is -11.3. The molecule has 0 radical (unpaired) electrons. The van der Waals surface area contributed by atoms with Crippen molar-refractivity contribution in [3.05, 3.63) is 175 Å². The number of allylic oxidation sites excluding steroid dienone is 30. The molecule has 0 aromatic carbocycles. The van der Waals surface area contributed by atoms with E-state index < -0.39 is 221 Å². The van der Waals surface area contributed by atoms with Crippen LogP contribution in [0.1, 0.15) is 331 Å². The highest BCUT2D eigenvalue weighted by Gasteiger charge is 2.58. The van der Waals surface area contributed by atoms with Gasteiger partial charge in [-0.25, -0.2) is 9.13 Å². The highest BCUT2D eigenvalue weighted by Crippen LogP contribution is 2.62. The van der Waals surface area contributed by atoms with Gasteiger partial charge in [-0.3, -0.25) is 18.6 Å². The van der Waals surface area contributed by atoms with Crippen LogP contribution in [0, 0.1) is 5.92 Å². The lowest BCUT2D eigenvalue weighted by Crippen LogP contribution is -2.70. The minimum atomic E-state index is -5.82. The van der Waals surface area contributed by atoms with Gasteiger partial charge >= 0.3 is 15.6 Å². The molecular formula is C114H190N2O32P2. The van der Waals surface area contributed by atoms with Crippen LogP contribution in [0.25, 0.3) is 0 Å². The number of hydrogen-bond acceptors (Lipinski definition) is 30. The van der Waals surface area contributed by atoms with Crippen LogP contribution in [0.15, 0.2) is 175 Å². The zero-order chi connectivity index (χ0) is 111. The Balaban J connectivity index is 0.955. The molecule has 0 bridgehead atoms. The van der Waals surface area contributed by atoms with Gasteiger partial charge in [-0.05, 0) is 316 Å². The van der Waals surface area contributed by atoms with Crippen LogP contribution in [0.4, 0.5) is 0 Å². The predicted molar refractivity (Wildman–Crippen MR) is 580 cm³/mol. The maximum absolute atomic E-state index is 13.6. The van der Waals surface area contributed by atoms with Crippen molar-refractivity contribution >= 4 is 27.5 Å². The molecule has 5 saturated heterocycles. The zero-order valence-electron chi connectivity index (χ0n) is 92.9. The Labute approximate surface area is 893 Å². The Morgan fingerprint density at radius 1 is 0.287 bits per heavy atom. The number of rotatable bonds is 68. The minimum Gasteiger partial charge on any atom is -0.394 e. The second-order valence-electron chi connectivity index (χ2n) is 42.4. The molecular weight excluding hydrogens is 1970 g/mol. The molecule has 5 rings (SSSR count). The van der Waals surface area contributed by atoms with Gasteiger partial charge in [-0.15, -0.1) is 0 Å². The average molecular weight is 2160 g/mol. The van der Waals surface area contributed by atoms with Crippen LogP contribution < -0.4 is 10.6 Å². The van der Waals surface area contributed by atoms with Gasteiger partial charge in [0.1, 0.15) is 122 Å². The molecule has 5 fully saturated rings. The molecule has 0 spiro atoms. The summed E-state index contributed by atoms with van der Waals surface area (Å²) in [5.41, 5.74) is 21.7. The summed E-state index contributed by atoms with van der Waals surface area (Å²) in [6, 6.07) is -3.86. The van der Waals surface area contributed by atoms with E-state index in [1.54, 1.807) is 0 Å². The van der Waals surface area contributed by atoms with Crippen LogP contribution >= 0.6 is 15.6 Å². The molecule has 858 valence electrons. The number of nitrogens with one attached hydrogen (secondary N) is 2. The molecule has 3 unspecified atom stereocenters. The molecule has 5 aliphatic rings. The fourth-order valence-corrected chi connectivity index (χ4v) is 20.5. The number of phosphoric ester groups is 2. The van der Waals surface area contributed by atoms with Crippen molar-refractivity contribution < 1.29 is 156 Å². The number of aliphatic hydroxyl groups excluding tert-OH is 14. The van der Waals surface area contributed by atoms with Crippen molar-refractivity contribution in [1.82, 2.24) is 10.6 Å². The van der Waals surface area contributed by atoms with Crippen molar-refractivity contribution in [3.63, 3.8) is 0 Å². The van der Waals surface area contributed by atoms with Gasteiger partial charge in [0, 0.05) is 13.8 Å². The smallest absolute Gasteiger partial charge is 0.394 e. The summed E-state index contributed by atoms with van der Waals surface area (Å²) in [5, 5.41) is 157. The summed E-state index contributed by atoms with van der Waals surface area (Å²) in [5.74, 6) is -1.89. The van der Waals surface area contributed by atoms with Gasteiger partial charge in [0.15, 0.2) is 31.5 Å². The van der Waals surface area contributed by atoms with Crippen LogP contribution in [0.3, 0.4) is 0 Å². The number of carbonyl (C=O) groups is 2. The normalized spacial score (nSPS) is 30.1. The SMILES string of the molecule is CC(=O)N[C@H]1[C@H](O[C@H]2[C@H](O)[C@@H](NC(C)=O)[C@@H](OP(=O)(O)OP(=O)(O)OCCC(C)CC/C=C(/C)CC/C=C(/C)CC/C=C(/C)CC/C=C(/C)CC/C=C(/C)CC/C=C(/C)CC/C=C(/C)CC/C=C(/C)CC/C=C(/C)CC/C=C(/C)CC/C=C(/C)CC/C=C(/C)CC/C=C(\C)CC/C=C(\C)CCC=C(C)C)O[C@@H]2CO)O[C@H](CO)[C@@H](O[C@@H]2O[C@H](CO[C@H]3O[C@H](CO)[C@@H](O)[C@H](O)[C@@H]3O)[C@@H](O)[C@H](O[C@H]3O[C@H](CO)[C@@H](O)[C@H](O)[C@@H]3O)[C@@H]2O)[C@@H]1O. The highest BCUT2D eigenvalue weighted by molar-refractivity contribution is 7.61. The van der Waals surface area contributed by atoms with E-state index in [0.29, 0.717) is 12.8 Å². The molecule has 28 atom stereocenters. The third-order valence-corrected chi connectivity index (χ3v) is 30.7. The molecule has 0 aromatic rings. The van der Waals surface area contributed by atoms with Crippen LogP contribution in [-0.4, -0.2) is 286 Å². The molecule has 18 N–H and O–H groups in total. The van der Waals surface area contributed by atoms with Crippen LogP contribution in [-0.2, 0) is 74.7 Å². The number of ether oxygens (including phenoxy) is 9. The first-order valence-electron chi connectivity index (χ1n) is 54.2. The zero-order valence-corrected chi connectivity index (χ0v) is 94.7. The Morgan fingerprint density at radius 2 is 0.547 bits per heavy atom. The van der Waals surface area contributed by atoms with Crippen molar-refractivity contribution in [2.24, 2.45) is 5.92 Å². The van der Waals surface area contributed by atoms with E-state index in [1.807, 2.05) is 6.92 Å². The molecule has 150 heavy (non-hydrogen) atoms. The lowest BCUT2D eigenvalue weighted by Gasteiger charge is -2.50. The fraction of sp³-hybridized carbons (Fsp3) is 0.719. The topological polar surface area (TPSA) is 527 Å². The molecule has 5 heterocycles. The lowest BCUT2D eigenvalue weighted by molar-refractivity contribution is -0.383. The Bertz CT molecular complexity index is 4590. The Morgan fingerprint density at radius 3 is 0.860 bits per heavy atom. The van der Waals surface area contributed by atoms with Gasteiger partial charge in [0.05, 0.1) is 39.6 Å². The van der Waals surface area contributed by atoms with E-state index in [9.17, 15) is 100.0 Å². The van der Waals surface area contributed by atoms with Gasteiger partial charge in [-0.1, -0.05) is 182 Å². The number of amides is 2. The molecule has 0 aliphatic carbocycles. The van der Waals surface area contributed by atoms with E-state index >= 15 is 0 Å². The maximum Gasteiger partial charge on any atom is 0.483 e. The third kappa shape index (κ3) is 51.4. The molecule has 34 nitrogen and oxygen atoms in total. The first kappa shape index (κ1) is 135. The highest BCUT2D eigenvalue weighted by atomic mass is 31.3.